The minimum absolute atomic E-state index is 0.0997. The molecule has 0 aliphatic heterocycles. The van der Waals surface area contributed by atoms with Crippen molar-refractivity contribution in [1.29, 1.82) is 0 Å². The molecule has 0 aromatic heterocycles. The summed E-state index contributed by atoms with van der Waals surface area (Å²) in [5.41, 5.74) is 1.99. The molecule has 144 valence electrons. The Morgan fingerprint density at radius 1 is 0.929 bits per heavy atom. The first-order valence-corrected chi connectivity index (χ1v) is 8.88. The van der Waals surface area contributed by atoms with E-state index in [9.17, 15) is 17.6 Å². The number of fused-ring (bicyclic) bond motifs is 1. The molecule has 3 aromatic carbocycles. The number of alkyl halides is 3. The Morgan fingerprint density at radius 3 is 2.36 bits per heavy atom. The second-order valence-electron chi connectivity index (χ2n) is 6.41. The summed E-state index contributed by atoms with van der Waals surface area (Å²) in [5.74, 6) is 5.34. The van der Waals surface area contributed by atoms with Gasteiger partial charge in [-0.25, -0.2) is 4.39 Å². The average Bonchev–Trinajstić information content (AvgIpc) is 2.66. The van der Waals surface area contributed by atoms with Crippen molar-refractivity contribution in [1.82, 2.24) is 0 Å². The van der Waals surface area contributed by atoms with Crippen LogP contribution in [0, 0.1) is 17.7 Å². The number of hydrogen-bond donors (Lipinski definition) is 0. The van der Waals surface area contributed by atoms with Gasteiger partial charge in [-0.1, -0.05) is 49.5 Å². The third-order valence-electron chi connectivity index (χ3n) is 4.16. The zero-order chi connectivity index (χ0) is 20.1. The third kappa shape index (κ3) is 5.04. The molecule has 0 fully saturated rings. The van der Waals surface area contributed by atoms with Gasteiger partial charge in [0.25, 0.3) is 0 Å². The van der Waals surface area contributed by atoms with Crippen LogP contribution in [0.15, 0.2) is 54.6 Å². The normalized spacial score (nSPS) is 11.2. The fraction of sp³-hybridized carbons (Fsp3) is 0.217. The highest BCUT2D eigenvalue weighted by Gasteiger charge is 2.28. The summed E-state index contributed by atoms with van der Waals surface area (Å²) in [6, 6.07) is 15.0. The number of ether oxygens (including phenoxy) is 1. The maximum absolute atomic E-state index is 14.7. The van der Waals surface area contributed by atoms with Crippen LogP contribution >= 0.6 is 0 Å². The molecule has 0 amide bonds. The van der Waals surface area contributed by atoms with Gasteiger partial charge in [-0.3, -0.25) is 0 Å². The van der Waals surface area contributed by atoms with E-state index in [0.29, 0.717) is 10.9 Å². The fourth-order valence-electron chi connectivity index (χ4n) is 2.82. The molecule has 3 rings (SSSR count). The van der Waals surface area contributed by atoms with Crippen LogP contribution in [0.3, 0.4) is 0 Å². The molecule has 0 aliphatic rings. The van der Waals surface area contributed by atoms with Crippen LogP contribution in [0.2, 0.25) is 0 Å². The van der Waals surface area contributed by atoms with Crippen molar-refractivity contribution in [2.75, 3.05) is 6.61 Å². The molecule has 0 spiro atoms. The molecular formula is C23H18F4O. The predicted octanol–water partition coefficient (Wildman–Crippen LogP) is 6.27. The van der Waals surface area contributed by atoms with Crippen LogP contribution in [-0.4, -0.2) is 12.8 Å². The van der Waals surface area contributed by atoms with Gasteiger partial charge in [-0.2, -0.15) is 13.2 Å². The van der Waals surface area contributed by atoms with E-state index in [0.717, 1.165) is 18.2 Å². The molecule has 5 heteroatoms. The van der Waals surface area contributed by atoms with Gasteiger partial charge in [-0.15, -0.1) is 0 Å². The lowest BCUT2D eigenvalue weighted by atomic mass is 10.0. The number of rotatable bonds is 4. The molecular weight excluding hydrogens is 368 g/mol. The van der Waals surface area contributed by atoms with E-state index < -0.39 is 12.8 Å². The molecule has 0 saturated heterocycles. The molecule has 3 aromatic rings. The van der Waals surface area contributed by atoms with Crippen LogP contribution in [0.1, 0.15) is 30.0 Å². The lowest BCUT2D eigenvalue weighted by molar-refractivity contribution is -0.153. The van der Waals surface area contributed by atoms with E-state index >= 15 is 0 Å². The topological polar surface area (TPSA) is 9.23 Å². The molecule has 28 heavy (non-hydrogen) atoms. The molecule has 0 bridgehead atoms. The van der Waals surface area contributed by atoms with Crippen molar-refractivity contribution in [3.8, 4) is 17.6 Å². The molecule has 0 unspecified atom stereocenters. The standard InChI is InChI=1S/C23H18F4O/c1-2-3-17-7-13-21-19(14-17)10-9-18(22(21)24)8-4-16-5-11-20(12-6-16)28-15-23(25,26)27/h5-7,9-14H,2-3,15H2,1H3. The molecule has 0 radical (unpaired) electrons. The van der Waals surface area contributed by atoms with Crippen molar-refractivity contribution in [3.63, 3.8) is 0 Å². The number of aryl methyl sites for hydroxylation is 1. The monoisotopic (exact) mass is 386 g/mol. The first-order chi connectivity index (χ1) is 13.4. The minimum atomic E-state index is -4.39. The van der Waals surface area contributed by atoms with Crippen LogP contribution in [0.5, 0.6) is 5.75 Å². The summed E-state index contributed by atoms with van der Waals surface area (Å²) in [6.07, 6.45) is -2.41. The lowest BCUT2D eigenvalue weighted by Crippen LogP contribution is -2.19. The van der Waals surface area contributed by atoms with Gasteiger partial charge < -0.3 is 4.74 Å². The summed E-state index contributed by atoms with van der Waals surface area (Å²) in [6.45, 7) is 0.749. The Morgan fingerprint density at radius 2 is 1.68 bits per heavy atom. The van der Waals surface area contributed by atoms with E-state index in [2.05, 4.69) is 23.5 Å². The second-order valence-corrected chi connectivity index (χ2v) is 6.41. The Hall–Kier alpha value is -3.00. The molecule has 0 saturated carbocycles. The van der Waals surface area contributed by atoms with E-state index in [1.807, 2.05) is 18.2 Å². The number of hydrogen-bond acceptors (Lipinski definition) is 1. The molecule has 0 aliphatic carbocycles. The van der Waals surface area contributed by atoms with Gasteiger partial charge in [-0.05, 0) is 47.7 Å². The zero-order valence-electron chi connectivity index (χ0n) is 15.2. The summed E-state index contributed by atoms with van der Waals surface area (Å²) in [7, 11) is 0. The van der Waals surface area contributed by atoms with E-state index in [-0.39, 0.29) is 17.1 Å². The minimum Gasteiger partial charge on any atom is -0.484 e. The van der Waals surface area contributed by atoms with Crippen molar-refractivity contribution >= 4 is 10.8 Å². The second kappa shape index (κ2) is 8.35. The SMILES string of the molecule is CCCc1ccc2c(F)c(C#Cc3ccc(OCC(F)(F)F)cc3)ccc2c1. The smallest absolute Gasteiger partial charge is 0.422 e. The van der Waals surface area contributed by atoms with Gasteiger partial charge in [0.1, 0.15) is 11.6 Å². The first-order valence-electron chi connectivity index (χ1n) is 8.88. The highest BCUT2D eigenvalue weighted by molar-refractivity contribution is 5.85. The van der Waals surface area contributed by atoms with Crippen molar-refractivity contribution < 1.29 is 22.3 Å². The fourth-order valence-corrected chi connectivity index (χ4v) is 2.82. The highest BCUT2D eigenvalue weighted by atomic mass is 19.4. The van der Waals surface area contributed by atoms with E-state index in [1.165, 1.54) is 29.8 Å². The molecule has 0 N–H and O–H groups in total. The quantitative estimate of drug-likeness (QED) is 0.379. The molecule has 1 nitrogen and oxygen atoms in total. The zero-order valence-corrected chi connectivity index (χ0v) is 15.2. The van der Waals surface area contributed by atoms with Crippen LogP contribution in [0.25, 0.3) is 10.8 Å². The van der Waals surface area contributed by atoms with E-state index in [1.54, 1.807) is 12.1 Å². The van der Waals surface area contributed by atoms with Gasteiger partial charge in [0, 0.05) is 10.9 Å². The van der Waals surface area contributed by atoms with Crippen molar-refractivity contribution in [2.45, 2.75) is 25.9 Å². The summed E-state index contributed by atoms with van der Waals surface area (Å²) in [5, 5.41) is 1.35. The van der Waals surface area contributed by atoms with Crippen LogP contribution in [0.4, 0.5) is 17.6 Å². The molecule has 0 atom stereocenters. The van der Waals surface area contributed by atoms with Gasteiger partial charge in [0.05, 0.1) is 5.56 Å². The number of benzene rings is 3. The lowest BCUT2D eigenvalue weighted by Gasteiger charge is -2.08. The van der Waals surface area contributed by atoms with Crippen LogP contribution < -0.4 is 4.74 Å². The van der Waals surface area contributed by atoms with Gasteiger partial charge in [0.2, 0.25) is 0 Å². The van der Waals surface area contributed by atoms with E-state index in [4.69, 9.17) is 0 Å². The third-order valence-corrected chi connectivity index (χ3v) is 4.16. The summed E-state index contributed by atoms with van der Waals surface area (Å²) in [4.78, 5) is 0. The largest absolute Gasteiger partial charge is 0.484 e. The maximum atomic E-state index is 14.7. The van der Waals surface area contributed by atoms with Crippen molar-refractivity contribution in [2.24, 2.45) is 0 Å². The maximum Gasteiger partial charge on any atom is 0.422 e. The Kier molecular flexibility index (Phi) is 5.89. The van der Waals surface area contributed by atoms with Crippen LogP contribution in [-0.2, 0) is 6.42 Å². The van der Waals surface area contributed by atoms with Gasteiger partial charge in [0.15, 0.2) is 6.61 Å². The Labute approximate surface area is 160 Å². The molecule has 0 heterocycles. The first kappa shape index (κ1) is 19.8. The highest BCUT2D eigenvalue weighted by Crippen LogP contribution is 2.23. The van der Waals surface area contributed by atoms with Gasteiger partial charge >= 0.3 is 6.18 Å². The summed E-state index contributed by atoms with van der Waals surface area (Å²) < 4.78 is 55.9. The van der Waals surface area contributed by atoms with Crippen molar-refractivity contribution in [3.05, 3.63) is 77.1 Å². The predicted molar refractivity (Wildman–Crippen MR) is 102 cm³/mol. The Balaban J connectivity index is 1.79. The number of halogens is 4. The Bertz CT molecular complexity index is 1020. The summed E-state index contributed by atoms with van der Waals surface area (Å²) >= 11 is 0. The average molecular weight is 386 g/mol.